The minimum atomic E-state index is -0.865. The summed E-state index contributed by atoms with van der Waals surface area (Å²) in [5, 5.41) is 8.74. The highest BCUT2D eigenvalue weighted by molar-refractivity contribution is 5.73. The van der Waals surface area contributed by atoms with Crippen molar-refractivity contribution in [1.29, 1.82) is 0 Å². The Morgan fingerprint density at radius 3 is 2.71 bits per heavy atom. The standard InChI is InChI=1S/C11H17NO2/c12-10(11(13)14)6-9-5-7-1-3-8(9)4-2-7/h1,3,7-10H,2,4-6,12H2,(H,13,14)/t7?,8?,9?,10-/m1/s1. The Balaban J connectivity index is 1.94. The van der Waals surface area contributed by atoms with Crippen LogP contribution in [0.15, 0.2) is 12.2 Å². The molecule has 0 radical (unpaired) electrons. The normalized spacial score (nSPS) is 37.1. The maximum Gasteiger partial charge on any atom is 0.320 e. The van der Waals surface area contributed by atoms with Gasteiger partial charge >= 0.3 is 5.97 Å². The van der Waals surface area contributed by atoms with Gasteiger partial charge in [0.15, 0.2) is 0 Å². The summed E-state index contributed by atoms with van der Waals surface area (Å²) in [6.07, 6.45) is 8.83. The lowest BCUT2D eigenvalue weighted by molar-refractivity contribution is -0.139. The third-order valence-electron chi connectivity index (χ3n) is 3.59. The minimum Gasteiger partial charge on any atom is -0.480 e. The van der Waals surface area contributed by atoms with E-state index in [4.69, 9.17) is 10.8 Å². The summed E-state index contributed by atoms with van der Waals surface area (Å²) in [7, 11) is 0. The average Bonchev–Trinajstić information content (AvgIpc) is 2.19. The number of aliphatic carboxylic acids is 1. The van der Waals surface area contributed by atoms with Crippen LogP contribution in [0, 0.1) is 17.8 Å². The smallest absolute Gasteiger partial charge is 0.320 e. The fourth-order valence-electron chi connectivity index (χ4n) is 2.75. The Morgan fingerprint density at radius 2 is 2.29 bits per heavy atom. The number of allylic oxidation sites excluding steroid dienone is 2. The van der Waals surface area contributed by atoms with Gasteiger partial charge in [0, 0.05) is 0 Å². The first kappa shape index (κ1) is 9.71. The van der Waals surface area contributed by atoms with Crippen molar-refractivity contribution in [3.63, 3.8) is 0 Å². The molecule has 1 saturated carbocycles. The topological polar surface area (TPSA) is 63.3 Å². The summed E-state index contributed by atoms with van der Waals surface area (Å²) in [4.78, 5) is 10.6. The van der Waals surface area contributed by atoms with Gasteiger partial charge < -0.3 is 10.8 Å². The molecule has 0 aromatic heterocycles. The number of hydrogen-bond acceptors (Lipinski definition) is 2. The van der Waals surface area contributed by atoms with Gasteiger partial charge in [0.1, 0.15) is 6.04 Å². The first-order valence-electron chi connectivity index (χ1n) is 5.33. The summed E-state index contributed by atoms with van der Waals surface area (Å²) in [6, 6.07) is -0.673. The van der Waals surface area contributed by atoms with E-state index in [0.29, 0.717) is 24.2 Å². The van der Waals surface area contributed by atoms with E-state index in [2.05, 4.69) is 12.2 Å². The maximum atomic E-state index is 10.6. The Bertz CT molecular complexity index is 262. The number of nitrogens with two attached hydrogens (primary N) is 1. The molecule has 0 heterocycles. The number of carbonyl (C=O) groups is 1. The summed E-state index contributed by atoms with van der Waals surface area (Å²) < 4.78 is 0. The molecule has 0 aliphatic heterocycles. The zero-order valence-corrected chi connectivity index (χ0v) is 8.23. The molecule has 4 atom stereocenters. The molecule has 3 aliphatic carbocycles. The highest BCUT2D eigenvalue weighted by Gasteiger charge is 2.33. The highest BCUT2D eigenvalue weighted by atomic mass is 16.4. The average molecular weight is 195 g/mol. The van der Waals surface area contributed by atoms with Crippen LogP contribution in [0.1, 0.15) is 25.7 Å². The molecule has 0 amide bonds. The molecular weight excluding hydrogens is 178 g/mol. The van der Waals surface area contributed by atoms with Gasteiger partial charge in [-0.05, 0) is 43.4 Å². The van der Waals surface area contributed by atoms with Crippen molar-refractivity contribution in [2.75, 3.05) is 0 Å². The molecule has 0 saturated heterocycles. The second-order valence-electron chi connectivity index (χ2n) is 4.56. The van der Waals surface area contributed by atoms with Crippen molar-refractivity contribution >= 4 is 5.97 Å². The molecule has 1 fully saturated rings. The van der Waals surface area contributed by atoms with E-state index in [-0.39, 0.29) is 0 Å². The molecule has 3 rings (SSSR count). The molecule has 3 unspecified atom stereocenters. The number of fused-ring (bicyclic) bond motifs is 2. The van der Waals surface area contributed by atoms with Crippen molar-refractivity contribution in [3.8, 4) is 0 Å². The van der Waals surface area contributed by atoms with Crippen LogP contribution in [0.25, 0.3) is 0 Å². The van der Waals surface area contributed by atoms with Crippen LogP contribution in [0.2, 0.25) is 0 Å². The van der Waals surface area contributed by atoms with E-state index in [1.54, 1.807) is 0 Å². The van der Waals surface area contributed by atoms with Crippen molar-refractivity contribution in [2.24, 2.45) is 23.5 Å². The molecule has 14 heavy (non-hydrogen) atoms. The van der Waals surface area contributed by atoms with Gasteiger partial charge in [-0.25, -0.2) is 0 Å². The van der Waals surface area contributed by atoms with E-state index in [1.165, 1.54) is 12.8 Å². The van der Waals surface area contributed by atoms with E-state index in [9.17, 15) is 4.79 Å². The third-order valence-corrected chi connectivity index (χ3v) is 3.59. The van der Waals surface area contributed by atoms with Crippen molar-refractivity contribution in [3.05, 3.63) is 12.2 Å². The third kappa shape index (κ3) is 1.82. The van der Waals surface area contributed by atoms with E-state index < -0.39 is 12.0 Å². The van der Waals surface area contributed by atoms with Crippen LogP contribution in [-0.4, -0.2) is 17.1 Å². The van der Waals surface area contributed by atoms with Crippen LogP contribution in [0.4, 0.5) is 0 Å². The number of rotatable bonds is 3. The maximum absolute atomic E-state index is 10.6. The van der Waals surface area contributed by atoms with Gasteiger partial charge in [0.25, 0.3) is 0 Å². The zero-order valence-electron chi connectivity index (χ0n) is 8.23. The van der Waals surface area contributed by atoms with Gasteiger partial charge in [0.05, 0.1) is 0 Å². The van der Waals surface area contributed by atoms with Gasteiger partial charge in [-0.2, -0.15) is 0 Å². The van der Waals surface area contributed by atoms with Gasteiger partial charge in [-0.15, -0.1) is 0 Å². The van der Waals surface area contributed by atoms with Crippen molar-refractivity contribution in [1.82, 2.24) is 0 Å². The van der Waals surface area contributed by atoms with Crippen LogP contribution in [0.5, 0.6) is 0 Å². The van der Waals surface area contributed by atoms with Crippen molar-refractivity contribution in [2.45, 2.75) is 31.7 Å². The van der Waals surface area contributed by atoms with Gasteiger partial charge in [0.2, 0.25) is 0 Å². The lowest BCUT2D eigenvalue weighted by Crippen LogP contribution is -2.37. The Hall–Kier alpha value is -0.830. The SMILES string of the molecule is N[C@H](CC1CC2C=CC1CC2)C(=O)O. The monoisotopic (exact) mass is 195 g/mol. The fraction of sp³-hybridized carbons (Fsp3) is 0.727. The lowest BCUT2D eigenvalue weighted by atomic mass is 9.67. The minimum absolute atomic E-state index is 0.504. The van der Waals surface area contributed by atoms with Crippen LogP contribution < -0.4 is 5.73 Å². The molecular formula is C11H17NO2. The van der Waals surface area contributed by atoms with Crippen molar-refractivity contribution < 1.29 is 9.90 Å². The summed E-state index contributed by atoms with van der Waals surface area (Å²) in [5.74, 6) is 0.914. The molecule has 0 spiro atoms. The Kier molecular flexibility index (Phi) is 2.59. The number of carboxylic acid groups (broad SMARTS) is 1. The van der Waals surface area contributed by atoms with E-state index >= 15 is 0 Å². The summed E-state index contributed by atoms with van der Waals surface area (Å²) in [5.41, 5.74) is 5.56. The quantitative estimate of drug-likeness (QED) is 0.669. The van der Waals surface area contributed by atoms with Crippen LogP contribution >= 0.6 is 0 Å². The molecule has 3 aliphatic rings. The van der Waals surface area contributed by atoms with Crippen LogP contribution in [0.3, 0.4) is 0 Å². The molecule has 2 bridgehead atoms. The predicted molar refractivity (Wildman–Crippen MR) is 53.7 cm³/mol. The predicted octanol–water partition coefficient (Wildman–Crippen LogP) is 1.39. The second kappa shape index (κ2) is 3.73. The summed E-state index contributed by atoms with van der Waals surface area (Å²) in [6.45, 7) is 0. The second-order valence-corrected chi connectivity index (χ2v) is 4.56. The largest absolute Gasteiger partial charge is 0.480 e. The summed E-state index contributed by atoms with van der Waals surface area (Å²) >= 11 is 0. The van der Waals surface area contributed by atoms with Crippen LogP contribution in [-0.2, 0) is 4.79 Å². The van der Waals surface area contributed by atoms with Gasteiger partial charge in [-0.1, -0.05) is 12.2 Å². The highest BCUT2D eigenvalue weighted by Crippen LogP contribution is 2.42. The first-order chi connectivity index (χ1) is 6.66. The first-order valence-corrected chi connectivity index (χ1v) is 5.33. The van der Waals surface area contributed by atoms with E-state index in [0.717, 1.165) is 6.42 Å². The zero-order chi connectivity index (χ0) is 10.1. The Labute approximate surface area is 84.0 Å². The number of carboxylic acids is 1. The molecule has 3 nitrogen and oxygen atoms in total. The van der Waals surface area contributed by atoms with E-state index in [1.807, 2.05) is 0 Å². The Morgan fingerprint density at radius 1 is 1.50 bits per heavy atom. The molecule has 0 aromatic carbocycles. The number of hydrogen-bond donors (Lipinski definition) is 2. The van der Waals surface area contributed by atoms with Gasteiger partial charge in [-0.3, -0.25) is 4.79 Å². The molecule has 3 heteroatoms. The molecule has 78 valence electrons. The molecule has 0 aromatic rings. The fourth-order valence-corrected chi connectivity index (χ4v) is 2.75. The lowest BCUT2D eigenvalue weighted by Gasteiger charge is -2.38. The molecule has 3 N–H and O–H groups in total.